The highest BCUT2D eigenvalue weighted by atomic mass is 32.2. The Labute approximate surface area is 124 Å². The predicted molar refractivity (Wildman–Crippen MR) is 82.9 cm³/mol. The molecule has 0 aromatic heterocycles. The summed E-state index contributed by atoms with van der Waals surface area (Å²) >= 11 is 1.76. The Morgan fingerprint density at radius 1 is 1.30 bits per heavy atom. The van der Waals surface area contributed by atoms with Gasteiger partial charge in [-0.05, 0) is 30.7 Å². The van der Waals surface area contributed by atoms with Crippen molar-refractivity contribution in [3.05, 3.63) is 23.8 Å². The second-order valence-corrected chi connectivity index (χ2v) is 5.86. The lowest BCUT2D eigenvalue weighted by Gasteiger charge is -2.23. The molecule has 5 heteroatoms. The molecule has 0 saturated heterocycles. The van der Waals surface area contributed by atoms with Gasteiger partial charge in [-0.25, -0.2) is 0 Å². The average Bonchev–Trinajstić information content (AvgIpc) is 2.50. The maximum Gasteiger partial charge on any atom is 0.161 e. The van der Waals surface area contributed by atoms with E-state index in [0.29, 0.717) is 13.2 Å². The van der Waals surface area contributed by atoms with Gasteiger partial charge >= 0.3 is 0 Å². The third-order valence-electron chi connectivity index (χ3n) is 3.13. The van der Waals surface area contributed by atoms with Gasteiger partial charge < -0.3 is 19.9 Å². The van der Waals surface area contributed by atoms with Crippen molar-refractivity contribution < 1.29 is 14.6 Å². The van der Waals surface area contributed by atoms with Gasteiger partial charge in [0, 0.05) is 17.5 Å². The largest absolute Gasteiger partial charge is 0.486 e. The second kappa shape index (κ2) is 8.39. The molecule has 0 bridgehead atoms. The zero-order chi connectivity index (χ0) is 14.2. The number of benzene rings is 1. The summed E-state index contributed by atoms with van der Waals surface area (Å²) in [5.74, 6) is 3.39. The van der Waals surface area contributed by atoms with Crippen molar-refractivity contribution in [2.24, 2.45) is 0 Å². The lowest BCUT2D eigenvalue weighted by atomic mass is 10.1. The van der Waals surface area contributed by atoms with Gasteiger partial charge in [-0.15, -0.1) is 0 Å². The summed E-state index contributed by atoms with van der Waals surface area (Å²) in [5.41, 5.74) is 1.22. The number of ether oxygens (including phenoxy) is 2. The topological polar surface area (TPSA) is 50.7 Å². The van der Waals surface area contributed by atoms with Crippen LogP contribution in [0.4, 0.5) is 0 Å². The van der Waals surface area contributed by atoms with Crippen LogP contribution < -0.4 is 14.8 Å². The van der Waals surface area contributed by atoms with Gasteiger partial charge in [0.2, 0.25) is 0 Å². The zero-order valence-corrected chi connectivity index (χ0v) is 12.7. The fourth-order valence-corrected chi connectivity index (χ4v) is 2.98. The van der Waals surface area contributed by atoms with Crippen molar-refractivity contribution in [2.45, 2.75) is 19.4 Å². The van der Waals surface area contributed by atoms with Gasteiger partial charge in [0.05, 0.1) is 6.61 Å². The van der Waals surface area contributed by atoms with E-state index < -0.39 is 0 Å². The average molecular weight is 297 g/mol. The molecule has 1 atom stereocenters. The maximum atomic E-state index is 8.91. The van der Waals surface area contributed by atoms with E-state index in [1.807, 2.05) is 6.07 Å². The molecule has 1 heterocycles. The molecule has 0 aliphatic carbocycles. The number of fused-ring (bicyclic) bond motifs is 1. The number of thioether (sulfide) groups is 1. The van der Waals surface area contributed by atoms with E-state index in [2.05, 4.69) is 24.4 Å². The van der Waals surface area contributed by atoms with Crippen LogP contribution in [0.1, 0.15) is 24.9 Å². The molecule has 0 spiro atoms. The van der Waals surface area contributed by atoms with Crippen molar-refractivity contribution in [3.63, 3.8) is 0 Å². The molecule has 4 nitrogen and oxygen atoms in total. The molecular weight excluding hydrogens is 274 g/mol. The number of hydrogen-bond acceptors (Lipinski definition) is 5. The lowest BCUT2D eigenvalue weighted by Crippen LogP contribution is -2.25. The standard InChI is InChI=1S/C15H23NO3S/c1-2-5-16-13(11-20-9-6-17)12-3-4-14-15(10-12)19-8-7-18-14/h3-4,10,13,16-17H,2,5-9,11H2,1H3. The SMILES string of the molecule is CCCNC(CSCCO)c1ccc2c(c1)OCCO2. The van der Waals surface area contributed by atoms with E-state index in [-0.39, 0.29) is 12.6 Å². The van der Waals surface area contributed by atoms with Crippen LogP contribution in [-0.2, 0) is 0 Å². The zero-order valence-electron chi connectivity index (χ0n) is 11.9. The number of aliphatic hydroxyl groups is 1. The molecule has 1 aromatic rings. The lowest BCUT2D eigenvalue weighted by molar-refractivity contribution is 0.171. The molecular formula is C15H23NO3S. The number of rotatable bonds is 8. The van der Waals surface area contributed by atoms with Gasteiger partial charge in [0.1, 0.15) is 13.2 Å². The van der Waals surface area contributed by atoms with E-state index in [4.69, 9.17) is 14.6 Å². The quantitative estimate of drug-likeness (QED) is 0.721. The van der Waals surface area contributed by atoms with Crippen molar-refractivity contribution >= 4 is 11.8 Å². The molecule has 0 fully saturated rings. The first kappa shape index (κ1) is 15.5. The van der Waals surface area contributed by atoms with Crippen LogP contribution in [0.5, 0.6) is 11.5 Å². The van der Waals surface area contributed by atoms with Crippen LogP contribution in [0, 0.1) is 0 Å². The maximum absolute atomic E-state index is 8.91. The Morgan fingerprint density at radius 2 is 2.10 bits per heavy atom. The predicted octanol–water partition coefficient (Wildman–Crippen LogP) is 2.22. The monoisotopic (exact) mass is 297 g/mol. The first-order chi connectivity index (χ1) is 9.85. The Hall–Kier alpha value is -0.910. The molecule has 1 aliphatic heterocycles. The molecule has 0 amide bonds. The van der Waals surface area contributed by atoms with Crippen molar-refractivity contribution in [1.82, 2.24) is 5.32 Å². The highest BCUT2D eigenvalue weighted by molar-refractivity contribution is 7.99. The van der Waals surface area contributed by atoms with Gasteiger partial charge in [0.15, 0.2) is 11.5 Å². The van der Waals surface area contributed by atoms with Crippen molar-refractivity contribution in [1.29, 1.82) is 0 Å². The Kier molecular flexibility index (Phi) is 6.50. The highest BCUT2D eigenvalue weighted by Crippen LogP contribution is 2.33. The minimum atomic E-state index is 0.228. The molecule has 0 radical (unpaired) electrons. The second-order valence-electron chi connectivity index (χ2n) is 4.71. The van der Waals surface area contributed by atoms with Gasteiger partial charge in [-0.3, -0.25) is 0 Å². The first-order valence-corrected chi connectivity index (χ1v) is 8.32. The van der Waals surface area contributed by atoms with Crippen LogP contribution in [-0.4, -0.2) is 43.0 Å². The van der Waals surface area contributed by atoms with Crippen molar-refractivity contribution in [2.75, 3.05) is 37.9 Å². The van der Waals surface area contributed by atoms with Crippen LogP contribution in [0.3, 0.4) is 0 Å². The molecule has 2 rings (SSSR count). The smallest absolute Gasteiger partial charge is 0.161 e. The third-order valence-corrected chi connectivity index (χ3v) is 4.17. The van der Waals surface area contributed by atoms with E-state index in [1.165, 1.54) is 5.56 Å². The number of aliphatic hydroxyl groups excluding tert-OH is 1. The molecule has 1 unspecified atom stereocenters. The van der Waals surface area contributed by atoms with Crippen LogP contribution in [0.25, 0.3) is 0 Å². The molecule has 0 saturated carbocycles. The molecule has 112 valence electrons. The Bertz CT molecular complexity index is 414. The Balaban J connectivity index is 2.06. The fraction of sp³-hybridized carbons (Fsp3) is 0.600. The third kappa shape index (κ3) is 4.30. The molecule has 1 aromatic carbocycles. The Morgan fingerprint density at radius 3 is 2.85 bits per heavy atom. The van der Waals surface area contributed by atoms with E-state index in [9.17, 15) is 0 Å². The summed E-state index contributed by atoms with van der Waals surface area (Å²) in [6.07, 6.45) is 1.10. The van der Waals surface area contributed by atoms with Crippen LogP contribution >= 0.6 is 11.8 Å². The van der Waals surface area contributed by atoms with E-state index in [0.717, 1.165) is 36.0 Å². The molecule has 1 aliphatic rings. The summed E-state index contributed by atoms with van der Waals surface area (Å²) in [4.78, 5) is 0. The minimum absolute atomic E-state index is 0.228. The summed E-state index contributed by atoms with van der Waals surface area (Å²) in [7, 11) is 0. The summed E-state index contributed by atoms with van der Waals surface area (Å²) in [6, 6.07) is 6.44. The summed E-state index contributed by atoms with van der Waals surface area (Å²) < 4.78 is 11.2. The van der Waals surface area contributed by atoms with Gasteiger partial charge in [-0.1, -0.05) is 13.0 Å². The number of hydrogen-bond donors (Lipinski definition) is 2. The fourth-order valence-electron chi connectivity index (χ4n) is 2.13. The van der Waals surface area contributed by atoms with Gasteiger partial charge in [-0.2, -0.15) is 11.8 Å². The molecule has 2 N–H and O–H groups in total. The van der Waals surface area contributed by atoms with E-state index >= 15 is 0 Å². The van der Waals surface area contributed by atoms with Crippen LogP contribution in [0.2, 0.25) is 0 Å². The normalized spacial score (nSPS) is 15.1. The van der Waals surface area contributed by atoms with E-state index in [1.54, 1.807) is 11.8 Å². The van der Waals surface area contributed by atoms with Crippen LogP contribution in [0.15, 0.2) is 18.2 Å². The first-order valence-electron chi connectivity index (χ1n) is 7.16. The highest BCUT2D eigenvalue weighted by Gasteiger charge is 2.16. The number of nitrogens with one attached hydrogen (secondary N) is 1. The molecule has 20 heavy (non-hydrogen) atoms. The summed E-state index contributed by atoms with van der Waals surface area (Å²) in [6.45, 7) is 4.61. The summed E-state index contributed by atoms with van der Waals surface area (Å²) in [5, 5.41) is 12.5. The van der Waals surface area contributed by atoms with Gasteiger partial charge in [0.25, 0.3) is 0 Å². The van der Waals surface area contributed by atoms with Crippen molar-refractivity contribution in [3.8, 4) is 11.5 Å². The minimum Gasteiger partial charge on any atom is -0.486 e.